The second-order valence-corrected chi connectivity index (χ2v) is 5.56. The Kier molecular flexibility index (Phi) is 4.16. The lowest BCUT2D eigenvalue weighted by Gasteiger charge is -2.26. The van der Waals surface area contributed by atoms with Crippen LogP contribution in [0, 0.1) is 0 Å². The van der Waals surface area contributed by atoms with Gasteiger partial charge in [-0.1, -0.05) is 48.5 Å². The van der Waals surface area contributed by atoms with Gasteiger partial charge in [-0.05, 0) is 0 Å². The van der Waals surface area contributed by atoms with Crippen molar-refractivity contribution in [2.24, 2.45) is 0 Å². The molecular weight excluding hydrogens is 308 g/mol. The fourth-order valence-corrected chi connectivity index (χ4v) is 2.98. The van der Waals surface area contributed by atoms with E-state index < -0.39 is 24.1 Å². The van der Waals surface area contributed by atoms with Gasteiger partial charge >= 0.3 is 11.9 Å². The lowest BCUT2D eigenvalue weighted by Crippen LogP contribution is -2.21. The van der Waals surface area contributed by atoms with Gasteiger partial charge in [-0.25, -0.2) is 0 Å². The maximum Gasteiger partial charge on any atom is 0.303 e. The molecule has 24 heavy (non-hydrogen) atoms. The normalized spacial score (nSPS) is 18.8. The number of ether oxygens (including phenoxy) is 2. The fourth-order valence-electron chi connectivity index (χ4n) is 2.98. The molecule has 0 saturated carbocycles. The first kappa shape index (κ1) is 15.9. The van der Waals surface area contributed by atoms with E-state index in [9.17, 15) is 14.4 Å². The molecule has 5 nitrogen and oxygen atoms in total. The first-order chi connectivity index (χ1) is 11.5. The third-order valence-electron chi connectivity index (χ3n) is 3.88. The van der Waals surface area contributed by atoms with Gasteiger partial charge in [0.1, 0.15) is 0 Å². The molecule has 0 aromatic heterocycles. The van der Waals surface area contributed by atoms with E-state index in [0.29, 0.717) is 22.3 Å². The van der Waals surface area contributed by atoms with Crippen LogP contribution in [0.5, 0.6) is 0 Å². The zero-order valence-corrected chi connectivity index (χ0v) is 13.3. The summed E-state index contributed by atoms with van der Waals surface area (Å²) < 4.78 is 10.9. The van der Waals surface area contributed by atoms with Gasteiger partial charge in [0.05, 0.1) is 0 Å². The highest BCUT2D eigenvalue weighted by Crippen LogP contribution is 2.42. The van der Waals surface area contributed by atoms with Crippen molar-refractivity contribution in [3.63, 3.8) is 0 Å². The minimum absolute atomic E-state index is 0.187. The quantitative estimate of drug-likeness (QED) is 0.794. The summed E-state index contributed by atoms with van der Waals surface area (Å²) in [6.45, 7) is 2.57. The molecule has 2 aromatic rings. The number of fused-ring (bicyclic) bond motifs is 2. The minimum Gasteiger partial charge on any atom is -0.453 e. The average molecular weight is 324 g/mol. The van der Waals surface area contributed by atoms with Crippen LogP contribution in [-0.4, -0.2) is 17.7 Å². The van der Waals surface area contributed by atoms with E-state index in [1.807, 2.05) is 0 Å². The van der Waals surface area contributed by atoms with Gasteiger partial charge in [-0.3, -0.25) is 14.4 Å². The van der Waals surface area contributed by atoms with Gasteiger partial charge in [0.2, 0.25) is 0 Å². The number of hydrogen-bond acceptors (Lipinski definition) is 5. The topological polar surface area (TPSA) is 69.7 Å². The van der Waals surface area contributed by atoms with Gasteiger partial charge < -0.3 is 9.47 Å². The molecule has 0 saturated heterocycles. The van der Waals surface area contributed by atoms with Crippen LogP contribution in [0.4, 0.5) is 0 Å². The molecular formula is C19H16O5. The van der Waals surface area contributed by atoms with Crippen molar-refractivity contribution < 1.29 is 23.9 Å². The SMILES string of the molecule is CC(=O)O[C@H]1c2ccccc2C(=O)c2ccccc2[C@@H]1OC(C)=O. The molecule has 3 rings (SSSR count). The third-order valence-corrected chi connectivity index (χ3v) is 3.88. The van der Waals surface area contributed by atoms with Crippen molar-refractivity contribution in [2.75, 3.05) is 0 Å². The van der Waals surface area contributed by atoms with Crippen molar-refractivity contribution in [1.29, 1.82) is 0 Å². The number of carbonyl (C=O) groups is 3. The summed E-state index contributed by atoms with van der Waals surface area (Å²) in [6.07, 6.45) is -1.76. The molecule has 0 fully saturated rings. The van der Waals surface area contributed by atoms with Crippen LogP contribution in [0.15, 0.2) is 48.5 Å². The largest absolute Gasteiger partial charge is 0.453 e. The third kappa shape index (κ3) is 2.80. The van der Waals surface area contributed by atoms with Gasteiger partial charge in [0.15, 0.2) is 18.0 Å². The smallest absolute Gasteiger partial charge is 0.303 e. The molecule has 0 aliphatic heterocycles. The number of carbonyl (C=O) groups excluding carboxylic acids is 3. The highest BCUT2D eigenvalue weighted by atomic mass is 16.6. The number of hydrogen-bond donors (Lipinski definition) is 0. The number of esters is 2. The molecule has 0 radical (unpaired) electrons. The number of benzene rings is 2. The van der Waals surface area contributed by atoms with Crippen LogP contribution in [0.1, 0.15) is 53.1 Å². The maximum atomic E-state index is 12.9. The Morgan fingerprint density at radius 1 is 0.750 bits per heavy atom. The zero-order valence-electron chi connectivity index (χ0n) is 13.3. The lowest BCUT2D eigenvalue weighted by atomic mass is 9.98. The molecule has 2 aromatic carbocycles. The molecule has 0 heterocycles. The Morgan fingerprint density at radius 2 is 1.12 bits per heavy atom. The Labute approximate surface area is 139 Å². The molecule has 5 heteroatoms. The molecule has 122 valence electrons. The van der Waals surface area contributed by atoms with Crippen LogP contribution in [0.2, 0.25) is 0 Å². The highest BCUT2D eigenvalue weighted by molar-refractivity contribution is 6.11. The standard InChI is InChI=1S/C19H16O5/c1-11(20)23-18-15-9-5-3-7-13(15)17(22)14-8-4-6-10-16(14)19(18)24-12(2)21/h3-10,18-19H,1-2H3/t18-,19-/m0/s1. The first-order valence-corrected chi connectivity index (χ1v) is 7.56. The molecule has 0 bridgehead atoms. The van der Waals surface area contributed by atoms with Gasteiger partial charge in [0.25, 0.3) is 0 Å². The fraction of sp³-hybridized carbons (Fsp3) is 0.211. The molecule has 0 unspecified atom stereocenters. The maximum absolute atomic E-state index is 12.9. The predicted octanol–water partition coefficient (Wildman–Crippen LogP) is 3.14. The Balaban J connectivity index is 2.27. The Morgan fingerprint density at radius 3 is 1.50 bits per heavy atom. The van der Waals surface area contributed by atoms with Crippen molar-refractivity contribution in [2.45, 2.75) is 26.1 Å². The molecule has 0 N–H and O–H groups in total. The van der Waals surface area contributed by atoms with E-state index in [4.69, 9.17) is 9.47 Å². The van der Waals surface area contributed by atoms with Crippen LogP contribution < -0.4 is 0 Å². The van der Waals surface area contributed by atoms with Gasteiger partial charge in [-0.2, -0.15) is 0 Å². The lowest BCUT2D eigenvalue weighted by molar-refractivity contribution is -0.166. The highest BCUT2D eigenvalue weighted by Gasteiger charge is 2.38. The molecule has 1 aliphatic carbocycles. The monoisotopic (exact) mass is 324 g/mol. The van der Waals surface area contributed by atoms with Gasteiger partial charge in [0, 0.05) is 36.1 Å². The van der Waals surface area contributed by atoms with E-state index in [0.717, 1.165) is 0 Å². The molecule has 0 spiro atoms. The van der Waals surface area contributed by atoms with E-state index in [1.54, 1.807) is 48.5 Å². The van der Waals surface area contributed by atoms with E-state index in [2.05, 4.69) is 0 Å². The second-order valence-electron chi connectivity index (χ2n) is 5.56. The minimum atomic E-state index is -0.879. The first-order valence-electron chi connectivity index (χ1n) is 7.56. The Bertz CT molecular complexity index is 757. The average Bonchev–Trinajstić information content (AvgIpc) is 2.64. The summed E-state index contributed by atoms with van der Waals surface area (Å²) in [5, 5.41) is 0. The summed E-state index contributed by atoms with van der Waals surface area (Å²) >= 11 is 0. The van der Waals surface area contributed by atoms with Crippen LogP contribution >= 0.6 is 0 Å². The summed E-state index contributed by atoms with van der Waals surface area (Å²) in [5.41, 5.74) is 1.93. The summed E-state index contributed by atoms with van der Waals surface area (Å²) in [4.78, 5) is 36.1. The summed E-state index contributed by atoms with van der Waals surface area (Å²) in [5.74, 6) is -1.22. The predicted molar refractivity (Wildman–Crippen MR) is 85.3 cm³/mol. The summed E-state index contributed by atoms with van der Waals surface area (Å²) in [7, 11) is 0. The van der Waals surface area contributed by atoms with Crippen LogP contribution in [0.3, 0.4) is 0 Å². The van der Waals surface area contributed by atoms with Crippen molar-refractivity contribution in [3.05, 3.63) is 70.8 Å². The van der Waals surface area contributed by atoms with Crippen molar-refractivity contribution in [1.82, 2.24) is 0 Å². The van der Waals surface area contributed by atoms with E-state index in [-0.39, 0.29) is 5.78 Å². The van der Waals surface area contributed by atoms with Crippen LogP contribution in [0.25, 0.3) is 0 Å². The molecule has 0 amide bonds. The zero-order chi connectivity index (χ0) is 17.3. The van der Waals surface area contributed by atoms with Crippen molar-refractivity contribution >= 4 is 17.7 Å². The van der Waals surface area contributed by atoms with E-state index in [1.165, 1.54) is 13.8 Å². The van der Waals surface area contributed by atoms with Gasteiger partial charge in [-0.15, -0.1) is 0 Å². The second kappa shape index (κ2) is 6.28. The molecule has 2 atom stereocenters. The van der Waals surface area contributed by atoms with E-state index >= 15 is 0 Å². The van der Waals surface area contributed by atoms with Crippen LogP contribution in [-0.2, 0) is 19.1 Å². The summed E-state index contributed by atoms with van der Waals surface area (Å²) in [6, 6.07) is 13.8. The van der Waals surface area contributed by atoms with Crippen molar-refractivity contribution in [3.8, 4) is 0 Å². The number of rotatable bonds is 2. The molecule has 1 aliphatic rings. The number of ketones is 1. The Hall–Kier alpha value is -2.95.